The zero-order chi connectivity index (χ0) is 43.1. The number of hydrogen-bond acceptors (Lipinski definition) is 10. The number of benzene rings is 4. The maximum absolute atomic E-state index is 14.0. The summed E-state index contributed by atoms with van der Waals surface area (Å²) >= 11 is 24.9. The lowest BCUT2D eigenvalue weighted by Crippen LogP contribution is -2.39. The molecule has 1 unspecified atom stereocenters. The van der Waals surface area contributed by atoms with Crippen LogP contribution in [-0.4, -0.2) is 76.9 Å². The number of aromatic amines is 1. The van der Waals surface area contributed by atoms with Gasteiger partial charge in [-0.25, -0.2) is 4.79 Å². The first-order valence-corrected chi connectivity index (χ1v) is 21.6. The van der Waals surface area contributed by atoms with Gasteiger partial charge in [0.2, 0.25) is 0 Å². The SMILES string of the molecule is COc1cccc(C(OC[C@H]2O[C@@H](n3cc(C)c(=O)[nH]c3=O)C[C@@H]2OP(=O)(O)CCN2C(=O)c3c(Cl)c(Cl)c(Cl)c(Cl)c3C2=O)(c2ccccc2)c2ccccc2)c1OC. The third kappa shape index (κ3) is 7.92. The molecule has 1 aromatic heterocycles. The van der Waals surface area contributed by atoms with Crippen LogP contribution in [0.15, 0.2) is 94.6 Å². The number of amides is 2. The highest BCUT2D eigenvalue weighted by Gasteiger charge is 2.47. The van der Waals surface area contributed by atoms with Gasteiger partial charge in [-0.1, -0.05) is 119 Å². The molecule has 60 heavy (non-hydrogen) atoms. The second kappa shape index (κ2) is 17.5. The number of para-hydroxylation sites is 1. The number of H-pyrrole nitrogens is 1. The number of rotatable bonds is 14. The van der Waals surface area contributed by atoms with Crippen molar-refractivity contribution in [3.05, 3.63) is 159 Å². The molecule has 0 aliphatic carbocycles. The van der Waals surface area contributed by atoms with E-state index in [1.54, 1.807) is 12.1 Å². The van der Waals surface area contributed by atoms with Crippen LogP contribution in [-0.2, 0) is 24.2 Å². The first kappa shape index (κ1) is 43.6. The Kier molecular flexibility index (Phi) is 12.7. The molecule has 1 saturated heterocycles. The molecule has 7 rings (SSSR count). The van der Waals surface area contributed by atoms with Gasteiger partial charge in [0.15, 0.2) is 11.5 Å². The normalized spacial score (nSPS) is 18.7. The summed E-state index contributed by atoms with van der Waals surface area (Å²) in [5, 5.41) is -1.03. The number of aromatic nitrogens is 2. The van der Waals surface area contributed by atoms with Crippen molar-refractivity contribution >= 4 is 65.8 Å². The maximum Gasteiger partial charge on any atom is 0.330 e. The van der Waals surface area contributed by atoms with Crippen LogP contribution in [0.2, 0.25) is 20.1 Å². The largest absolute Gasteiger partial charge is 0.493 e. The molecule has 0 saturated carbocycles. The van der Waals surface area contributed by atoms with Crippen LogP contribution in [0, 0.1) is 6.92 Å². The van der Waals surface area contributed by atoms with E-state index < -0.39 is 67.4 Å². The molecule has 1 fully saturated rings. The van der Waals surface area contributed by atoms with Gasteiger partial charge < -0.3 is 28.4 Å². The number of halogens is 4. The smallest absolute Gasteiger partial charge is 0.330 e. The number of nitrogens with one attached hydrogen (secondary N) is 1. The first-order valence-electron chi connectivity index (χ1n) is 18.3. The molecule has 2 aliphatic heterocycles. The second-order valence-electron chi connectivity index (χ2n) is 13.9. The number of fused-ring (bicyclic) bond motifs is 1. The number of imide groups is 1. The molecule has 0 bridgehead atoms. The zero-order valence-electron chi connectivity index (χ0n) is 32.0. The fourth-order valence-electron chi connectivity index (χ4n) is 7.46. The Balaban J connectivity index is 1.24. The van der Waals surface area contributed by atoms with E-state index in [-0.39, 0.29) is 49.8 Å². The minimum absolute atomic E-state index is 0.161. The van der Waals surface area contributed by atoms with E-state index in [1.165, 1.54) is 27.3 Å². The standard InChI is InChI=1S/C41H36Cl4N3O11P/c1-22-20-48(40(52)46-37(22)49)29-19-27(59-60(53,54)18-17-47-38(50)30-31(39(47)51)33(43)35(45)34(44)32(30)42)28(58-29)21-57-41(23-11-6-4-7-12-23,24-13-8-5-9-14-24)25-15-10-16-26(55-2)36(25)56-3/h4-16,20,27-29H,17-19,21H2,1-3H3,(H,53,54)(H,46,49,52)/t27-,28+,29+/m0/s1. The Morgan fingerprint density at radius 1 is 0.833 bits per heavy atom. The van der Waals surface area contributed by atoms with Gasteiger partial charge >= 0.3 is 13.3 Å². The van der Waals surface area contributed by atoms with Crippen LogP contribution in [0.5, 0.6) is 11.5 Å². The van der Waals surface area contributed by atoms with Crippen LogP contribution in [0.3, 0.4) is 0 Å². The van der Waals surface area contributed by atoms with Gasteiger partial charge in [-0.2, -0.15) is 0 Å². The summed E-state index contributed by atoms with van der Waals surface area (Å²) in [5.41, 5.74) is -1.25. The predicted molar refractivity (Wildman–Crippen MR) is 224 cm³/mol. The molecule has 2 amide bonds. The summed E-state index contributed by atoms with van der Waals surface area (Å²) in [7, 11) is -1.69. The summed E-state index contributed by atoms with van der Waals surface area (Å²) in [5.74, 6) is -0.984. The van der Waals surface area contributed by atoms with Crippen molar-refractivity contribution in [2.24, 2.45) is 0 Å². The first-order chi connectivity index (χ1) is 28.6. The van der Waals surface area contributed by atoms with Crippen molar-refractivity contribution in [2.75, 3.05) is 33.5 Å². The van der Waals surface area contributed by atoms with Crippen LogP contribution in [0.1, 0.15) is 55.6 Å². The molecule has 5 aromatic rings. The van der Waals surface area contributed by atoms with Crippen LogP contribution < -0.4 is 20.7 Å². The van der Waals surface area contributed by atoms with Gasteiger partial charge in [0.25, 0.3) is 17.4 Å². The number of carbonyl (C=O) groups is 2. The Morgan fingerprint density at radius 2 is 1.42 bits per heavy atom. The van der Waals surface area contributed by atoms with Crippen LogP contribution in [0.4, 0.5) is 0 Å². The van der Waals surface area contributed by atoms with Crippen molar-refractivity contribution in [3.63, 3.8) is 0 Å². The Hall–Kier alpha value is -4.47. The average Bonchev–Trinajstić information content (AvgIpc) is 3.75. The van der Waals surface area contributed by atoms with E-state index in [1.807, 2.05) is 66.7 Å². The highest BCUT2D eigenvalue weighted by molar-refractivity contribution is 7.52. The van der Waals surface area contributed by atoms with Crippen molar-refractivity contribution < 1.29 is 42.5 Å². The summed E-state index contributed by atoms with van der Waals surface area (Å²) in [6, 6.07) is 24.0. The molecular weight excluding hydrogens is 883 g/mol. The third-order valence-corrected chi connectivity index (χ3v) is 13.5. The van der Waals surface area contributed by atoms with Crippen LogP contribution in [0.25, 0.3) is 0 Å². The van der Waals surface area contributed by atoms with Crippen molar-refractivity contribution in [1.82, 2.24) is 14.5 Å². The minimum Gasteiger partial charge on any atom is -0.493 e. The summed E-state index contributed by atoms with van der Waals surface area (Å²) in [6.07, 6.45) is -3.03. The summed E-state index contributed by atoms with van der Waals surface area (Å²) < 4.78 is 46.2. The molecule has 0 spiro atoms. The molecule has 314 valence electrons. The lowest BCUT2D eigenvalue weighted by molar-refractivity contribution is -0.0927. The third-order valence-electron chi connectivity index (χ3n) is 10.3. The van der Waals surface area contributed by atoms with Gasteiger partial charge in [0, 0.05) is 30.3 Å². The van der Waals surface area contributed by atoms with Gasteiger partial charge in [0.05, 0.1) is 64.3 Å². The highest BCUT2D eigenvalue weighted by atomic mass is 35.5. The van der Waals surface area contributed by atoms with E-state index in [0.29, 0.717) is 33.1 Å². The number of carbonyl (C=O) groups excluding carboxylic acids is 2. The van der Waals surface area contributed by atoms with Gasteiger partial charge in [-0.05, 0) is 24.1 Å². The van der Waals surface area contributed by atoms with E-state index in [9.17, 15) is 28.6 Å². The van der Waals surface area contributed by atoms with Crippen LogP contribution >= 0.6 is 54.0 Å². The van der Waals surface area contributed by atoms with E-state index in [0.717, 1.165) is 4.57 Å². The number of hydrogen-bond donors (Lipinski definition) is 2. The zero-order valence-corrected chi connectivity index (χ0v) is 35.9. The van der Waals surface area contributed by atoms with Crippen molar-refractivity contribution in [3.8, 4) is 11.5 Å². The van der Waals surface area contributed by atoms with Crippen molar-refractivity contribution in [2.45, 2.75) is 37.4 Å². The quantitative estimate of drug-likeness (QED) is 0.0368. The Morgan fingerprint density at radius 3 is 1.97 bits per heavy atom. The van der Waals surface area contributed by atoms with Gasteiger partial charge in [-0.15, -0.1) is 0 Å². The molecule has 4 aromatic carbocycles. The molecule has 19 heteroatoms. The Bertz CT molecular complexity index is 2560. The number of methoxy groups -OCH3 is 2. The summed E-state index contributed by atoms with van der Waals surface area (Å²) in [6.45, 7) is 0.621. The fraction of sp³-hybridized carbons (Fsp3) is 0.268. The second-order valence-corrected chi connectivity index (χ2v) is 17.3. The number of ether oxygens (including phenoxy) is 4. The lowest BCUT2D eigenvalue weighted by Gasteiger charge is -2.38. The highest BCUT2D eigenvalue weighted by Crippen LogP contribution is 2.51. The molecule has 0 radical (unpaired) electrons. The fourth-order valence-corrected chi connectivity index (χ4v) is 9.68. The lowest BCUT2D eigenvalue weighted by atomic mass is 9.79. The monoisotopic (exact) mass is 917 g/mol. The summed E-state index contributed by atoms with van der Waals surface area (Å²) in [4.78, 5) is 66.5. The van der Waals surface area contributed by atoms with Crippen molar-refractivity contribution in [1.29, 1.82) is 0 Å². The topological polar surface area (TPSA) is 176 Å². The average molecular weight is 920 g/mol. The molecule has 3 heterocycles. The molecule has 2 aliphatic rings. The van der Waals surface area contributed by atoms with Gasteiger partial charge in [-0.3, -0.25) is 33.4 Å². The van der Waals surface area contributed by atoms with E-state index in [2.05, 4.69) is 4.98 Å². The number of aryl methyl sites for hydroxylation is 1. The molecule has 4 atom stereocenters. The maximum atomic E-state index is 14.0. The molecule has 2 N–H and O–H groups in total. The number of nitrogens with zero attached hydrogens (tertiary/aromatic N) is 2. The molecular formula is C41H36Cl4N3O11P. The van der Waals surface area contributed by atoms with E-state index in [4.69, 9.17) is 69.9 Å². The predicted octanol–water partition coefficient (Wildman–Crippen LogP) is 7.64. The van der Waals surface area contributed by atoms with Gasteiger partial charge in [0.1, 0.15) is 17.9 Å². The van der Waals surface area contributed by atoms with E-state index >= 15 is 0 Å². The molecule has 14 nitrogen and oxygen atoms in total. The minimum atomic E-state index is -4.71. The Labute approximate surface area is 362 Å².